The Morgan fingerprint density at radius 2 is 2.18 bits per heavy atom. The quantitative estimate of drug-likeness (QED) is 0.611. The number of rotatable bonds is 5. The van der Waals surface area contributed by atoms with Crippen molar-refractivity contribution in [1.29, 1.82) is 0 Å². The molecule has 2 nitrogen and oxygen atoms in total. The lowest BCUT2D eigenvalue weighted by Crippen LogP contribution is -2.40. The van der Waals surface area contributed by atoms with Gasteiger partial charge in [0.1, 0.15) is 0 Å². The van der Waals surface area contributed by atoms with Crippen molar-refractivity contribution in [2.45, 2.75) is 38.2 Å². The molecular weight excluding hydrogens is 138 g/mol. The molecule has 1 saturated carbocycles. The van der Waals surface area contributed by atoms with Crippen LogP contribution < -0.4 is 5.32 Å². The Morgan fingerprint density at radius 3 is 2.55 bits per heavy atom. The van der Waals surface area contributed by atoms with E-state index in [1.54, 1.807) is 0 Å². The number of nitrogens with one attached hydrogen (secondary N) is 1. The van der Waals surface area contributed by atoms with E-state index >= 15 is 0 Å². The number of ether oxygens (including phenoxy) is 1. The van der Waals surface area contributed by atoms with E-state index in [4.69, 9.17) is 4.74 Å². The number of hydrogen-bond donors (Lipinski definition) is 1. The van der Waals surface area contributed by atoms with Gasteiger partial charge in [-0.05, 0) is 32.7 Å². The summed E-state index contributed by atoms with van der Waals surface area (Å²) in [6.45, 7) is 4.06. The molecule has 11 heavy (non-hydrogen) atoms. The molecule has 0 aromatic heterocycles. The molecule has 0 amide bonds. The highest BCUT2D eigenvalue weighted by atomic mass is 16.5. The highest BCUT2D eigenvalue weighted by molar-refractivity contribution is 4.88. The van der Waals surface area contributed by atoms with E-state index in [9.17, 15) is 0 Å². The van der Waals surface area contributed by atoms with Crippen LogP contribution in [0.1, 0.15) is 32.6 Å². The van der Waals surface area contributed by atoms with E-state index in [0.717, 1.165) is 13.2 Å². The van der Waals surface area contributed by atoms with E-state index in [1.165, 1.54) is 25.7 Å². The van der Waals surface area contributed by atoms with E-state index in [0.29, 0.717) is 0 Å². The summed E-state index contributed by atoms with van der Waals surface area (Å²) in [4.78, 5) is 0. The lowest BCUT2D eigenvalue weighted by atomic mass is 9.78. The molecule has 1 N–H and O–H groups in total. The molecule has 1 aliphatic rings. The third-order valence-corrected chi connectivity index (χ3v) is 2.67. The summed E-state index contributed by atoms with van der Waals surface area (Å²) in [5, 5.41) is 3.09. The lowest BCUT2D eigenvalue weighted by molar-refractivity contribution is -0.0998. The van der Waals surface area contributed by atoms with Crippen LogP contribution in [0, 0.1) is 0 Å². The van der Waals surface area contributed by atoms with Crippen molar-refractivity contribution in [2.24, 2.45) is 0 Å². The molecule has 0 unspecified atom stereocenters. The van der Waals surface area contributed by atoms with Gasteiger partial charge in [0.2, 0.25) is 0 Å². The van der Waals surface area contributed by atoms with Gasteiger partial charge < -0.3 is 10.1 Å². The van der Waals surface area contributed by atoms with Crippen molar-refractivity contribution in [3.63, 3.8) is 0 Å². The Kier molecular flexibility index (Phi) is 3.34. The SMILES string of the molecule is CCC1(OCCNC)CCC1. The van der Waals surface area contributed by atoms with Crippen LogP contribution in [0.25, 0.3) is 0 Å². The highest BCUT2D eigenvalue weighted by Gasteiger charge is 2.35. The minimum atomic E-state index is 0.275. The molecule has 0 aliphatic heterocycles. The van der Waals surface area contributed by atoms with E-state index < -0.39 is 0 Å². The predicted octanol–water partition coefficient (Wildman–Crippen LogP) is 1.56. The Hall–Kier alpha value is -0.0800. The maximum absolute atomic E-state index is 5.79. The van der Waals surface area contributed by atoms with Crippen LogP contribution in [-0.2, 0) is 4.74 Å². The molecule has 0 spiro atoms. The van der Waals surface area contributed by atoms with Crippen LogP contribution >= 0.6 is 0 Å². The molecule has 1 rings (SSSR count). The Balaban J connectivity index is 2.11. The van der Waals surface area contributed by atoms with Gasteiger partial charge in [-0.2, -0.15) is 0 Å². The number of likely N-dealkylation sites (N-methyl/N-ethyl adjacent to an activating group) is 1. The zero-order valence-corrected chi connectivity index (χ0v) is 7.65. The largest absolute Gasteiger partial charge is 0.374 e. The second-order valence-corrected chi connectivity index (χ2v) is 3.34. The van der Waals surface area contributed by atoms with Gasteiger partial charge in [-0.15, -0.1) is 0 Å². The molecular formula is C9H19NO. The molecule has 0 heterocycles. The van der Waals surface area contributed by atoms with Crippen molar-refractivity contribution in [3.8, 4) is 0 Å². The molecule has 2 heteroatoms. The molecule has 1 fully saturated rings. The monoisotopic (exact) mass is 157 g/mol. The first kappa shape index (κ1) is 9.01. The summed E-state index contributed by atoms with van der Waals surface area (Å²) in [5.74, 6) is 0. The van der Waals surface area contributed by atoms with Crippen LogP contribution in [0.3, 0.4) is 0 Å². The van der Waals surface area contributed by atoms with Gasteiger partial charge in [0.25, 0.3) is 0 Å². The minimum Gasteiger partial charge on any atom is -0.374 e. The summed E-state index contributed by atoms with van der Waals surface area (Å²) >= 11 is 0. The molecule has 0 atom stereocenters. The molecule has 0 bridgehead atoms. The molecule has 0 saturated heterocycles. The van der Waals surface area contributed by atoms with Gasteiger partial charge in [-0.25, -0.2) is 0 Å². The van der Waals surface area contributed by atoms with Crippen LogP contribution in [0.4, 0.5) is 0 Å². The Morgan fingerprint density at radius 1 is 1.45 bits per heavy atom. The van der Waals surface area contributed by atoms with Gasteiger partial charge in [0.15, 0.2) is 0 Å². The van der Waals surface area contributed by atoms with Crippen LogP contribution in [0.15, 0.2) is 0 Å². The predicted molar refractivity (Wildman–Crippen MR) is 46.8 cm³/mol. The highest BCUT2D eigenvalue weighted by Crippen LogP contribution is 2.37. The summed E-state index contributed by atoms with van der Waals surface area (Å²) in [5.41, 5.74) is 0.275. The molecule has 66 valence electrons. The van der Waals surface area contributed by atoms with E-state index in [-0.39, 0.29) is 5.60 Å². The van der Waals surface area contributed by atoms with Gasteiger partial charge in [0.05, 0.1) is 12.2 Å². The fraction of sp³-hybridized carbons (Fsp3) is 1.00. The summed E-state index contributed by atoms with van der Waals surface area (Å²) in [7, 11) is 1.96. The van der Waals surface area contributed by atoms with Crippen LogP contribution in [0.2, 0.25) is 0 Å². The first-order valence-corrected chi connectivity index (χ1v) is 4.61. The van der Waals surface area contributed by atoms with Crippen molar-refractivity contribution >= 4 is 0 Å². The summed E-state index contributed by atoms with van der Waals surface area (Å²) in [6.07, 6.45) is 5.07. The topological polar surface area (TPSA) is 21.3 Å². The van der Waals surface area contributed by atoms with Crippen molar-refractivity contribution in [2.75, 3.05) is 20.2 Å². The first-order chi connectivity index (χ1) is 5.33. The van der Waals surface area contributed by atoms with Gasteiger partial charge >= 0.3 is 0 Å². The van der Waals surface area contributed by atoms with Gasteiger partial charge in [-0.1, -0.05) is 6.92 Å². The zero-order valence-electron chi connectivity index (χ0n) is 7.65. The Labute approximate surface area is 69.3 Å². The average Bonchev–Trinajstić information content (AvgIpc) is 1.95. The normalized spacial score (nSPS) is 21.3. The first-order valence-electron chi connectivity index (χ1n) is 4.61. The molecule has 0 aromatic rings. The maximum atomic E-state index is 5.79. The summed E-state index contributed by atoms with van der Waals surface area (Å²) in [6, 6.07) is 0. The Bertz CT molecular complexity index is 105. The van der Waals surface area contributed by atoms with Gasteiger partial charge in [0, 0.05) is 6.54 Å². The van der Waals surface area contributed by atoms with Crippen molar-refractivity contribution in [1.82, 2.24) is 5.32 Å². The van der Waals surface area contributed by atoms with Crippen LogP contribution in [0.5, 0.6) is 0 Å². The van der Waals surface area contributed by atoms with Crippen LogP contribution in [-0.4, -0.2) is 25.8 Å². The molecule has 0 radical (unpaired) electrons. The zero-order chi connectivity index (χ0) is 8.16. The average molecular weight is 157 g/mol. The number of hydrogen-bond acceptors (Lipinski definition) is 2. The van der Waals surface area contributed by atoms with E-state index in [2.05, 4.69) is 12.2 Å². The van der Waals surface area contributed by atoms with E-state index in [1.807, 2.05) is 7.05 Å². The fourth-order valence-corrected chi connectivity index (χ4v) is 1.54. The second kappa shape index (κ2) is 4.07. The van der Waals surface area contributed by atoms with Gasteiger partial charge in [-0.3, -0.25) is 0 Å². The third-order valence-electron chi connectivity index (χ3n) is 2.67. The molecule has 1 aliphatic carbocycles. The fourth-order valence-electron chi connectivity index (χ4n) is 1.54. The minimum absolute atomic E-state index is 0.275. The standard InChI is InChI=1S/C9H19NO/c1-3-9(5-4-6-9)11-8-7-10-2/h10H,3-8H2,1-2H3. The lowest BCUT2D eigenvalue weighted by Gasteiger charge is -2.41. The summed E-state index contributed by atoms with van der Waals surface area (Å²) < 4.78 is 5.79. The third kappa shape index (κ3) is 2.17. The smallest absolute Gasteiger partial charge is 0.0680 e. The molecule has 0 aromatic carbocycles. The second-order valence-electron chi connectivity index (χ2n) is 3.34. The van der Waals surface area contributed by atoms with Crippen molar-refractivity contribution < 1.29 is 4.74 Å². The van der Waals surface area contributed by atoms with Crippen molar-refractivity contribution in [3.05, 3.63) is 0 Å². The maximum Gasteiger partial charge on any atom is 0.0680 e.